The lowest BCUT2D eigenvalue weighted by Gasteiger charge is -2.18. The Kier molecular flexibility index (Phi) is 7.78. The molecule has 1 saturated heterocycles. The van der Waals surface area contributed by atoms with Crippen molar-refractivity contribution < 1.29 is 23.1 Å². The molecule has 1 aliphatic heterocycles. The predicted molar refractivity (Wildman–Crippen MR) is 154 cm³/mol. The second-order valence-electron chi connectivity index (χ2n) is 9.26. The smallest absolute Gasteiger partial charge is 0.290 e. The molecule has 0 saturated carbocycles. The molecule has 5 rings (SSSR count). The number of benzene rings is 3. The van der Waals surface area contributed by atoms with E-state index >= 15 is 0 Å². The minimum atomic E-state index is -0.991. The van der Waals surface area contributed by atoms with E-state index in [1.807, 2.05) is 16.7 Å². The number of imide groups is 1. The number of ether oxygens (including phenoxy) is 1. The summed E-state index contributed by atoms with van der Waals surface area (Å²) < 4.78 is 35.5. The molecule has 204 valence electrons. The van der Waals surface area contributed by atoms with Crippen LogP contribution in [0.3, 0.4) is 0 Å². The van der Waals surface area contributed by atoms with Crippen LogP contribution in [0.15, 0.2) is 70.4 Å². The number of aromatic nitrogens is 1. The van der Waals surface area contributed by atoms with Gasteiger partial charge in [0.1, 0.15) is 5.75 Å². The van der Waals surface area contributed by atoms with Gasteiger partial charge in [-0.05, 0) is 85.1 Å². The van der Waals surface area contributed by atoms with Crippen LogP contribution < -0.4 is 15.5 Å². The van der Waals surface area contributed by atoms with Crippen LogP contribution in [0.4, 0.5) is 13.6 Å². The largest absolute Gasteiger partial charge is 0.492 e. The topological polar surface area (TPSA) is 77.4 Å². The summed E-state index contributed by atoms with van der Waals surface area (Å²) in [6.45, 7) is 1.97. The van der Waals surface area contributed by atoms with E-state index in [0.29, 0.717) is 67.4 Å². The predicted octanol–water partition coefficient (Wildman–Crippen LogP) is 6.86. The van der Waals surface area contributed by atoms with E-state index in [2.05, 4.69) is 5.32 Å². The Bertz CT molecular complexity index is 1780. The monoisotopic (exact) mass is 580 g/mol. The number of fused-ring (bicyclic) bond motifs is 1. The fraction of sp³-hybridized carbons (Fsp3) is 0.167. The van der Waals surface area contributed by atoms with Crippen molar-refractivity contribution in [1.82, 2.24) is 9.88 Å². The highest BCUT2D eigenvalue weighted by Gasteiger charge is 2.27. The number of nitrogens with one attached hydrogen (secondary N) is 1. The summed E-state index contributed by atoms with van der Waals surface area (Å²) in [5.74, 6) is -1.96. The van der Waals surface area contributed by atoms with Gasteiger partial charge in [-0.15, -0.1) is 0 Å². The molecule has 1 aromatic heterocycles. The average molecular weight is 581 g/mol. The van der Waals surface area contributed by atoms with Crippen molar-refractivity contribution in [3.05, 3.63) is 104 Å². The highest BCUT2D eigenvalue weighted by atomic mass is 35.5. The molecule has 6 nitrogen and oxygen atoms in total. The van der Waals surface area contributed by atoms with E-state index in [9.17, 15) is 23.2 Å². The van der Waals surface area contributed by atoms with Gasteiger partial charge in [-0.2, -0.15) is 0 Å². The number of amides is 2. The van der Waals surface area contributed by atoms with Gasteiger partial charge in [-0.3, -0.25) is 19.7 Å². The maximum absolute atomic E-state index is 14.1. The number of nitrogens with zero attached hydrogens (tertiary/aromatic N) is 1. The SMILES string of the molecule is C/C(=C1\SC(=O)NC1=O)c1ccc(OCCCc2c(-c3ccc(F)c(F)c3)n(C)c3ccccc3c2=O)c(Cl)c1. The molecule has 10 heteroatoms. The number of carbonyl (C=O) groups excluding carboxylic acids is 2. The summed E-state index contributed by atoms with van der Waals surface area (Å²) in [5.41, 5.74) is 3.20. The van der Waals surface area contributed by atoms with Crippen molar-refractivity contribution in [2.45, 2.75) is 19.8 Å². The van der Waals surface area contributed by atoms with Crippen LogP contribution in [0.25, 0.3) is 27.7 Å². The Hall–Kier alpha value is -3.95. The Morgan fingerprint density at radius 2 is 1.80 bits per heavy atom. The van der Waals surface area contributed by atoms with E-state index in [1.165, 1.54) is 6.07 Å². The van der Waals surface area contributed by atoms with E-state index in [1.54, 1.807) is 44.3 Å². The molecule has 1 aliphatic rings. The van der Waals surface area contributed by atoms with Gasteiger partial charge < -0.3 is 9.30 Å². The maximum Gasteiger partial charge on any atom is 0.290 e. The van der Waals surface area contributed by atoms with Crippen molar-refractivity contribution in [2.24, 2.45) is 7.05 Å². The lowest BCUT2D eigenvalue weighted by atomic mass is 9.98. The summed E-state index contributed by atoms with van der Waals surface area (Å²) in [4.78, 5) is 37.3. The second-order valence-corrected chi connectivity index (χ2v) is 10.6. The third-order valence-electron chi connectivity index (χ3n) is 6.75. The molecule has 0 spiro atoms. The molecule has 0 aliphatic carbocycles. The van der Waals surface area contributed by atoms with Crippen molar-refractivity contribution in [3.63, 3.8) is 0 Å². The fourth-order valence-corrected chi connectivity index (χ4v) is 5.75. The van der Waals surface area contributed by atoms with Crippen LogP contribution in [-0.4, -0.2) is 22.3 Å². The maximum atomic E-state index is 14.1. The normalized spacial score (nSPS) is 14.5. The van der Waals surface area contributed by atoms with Gasteiger partial charge in [0, 0.05) is 23.6 Å². The molecular weight excluding hydrogens is 558 g/mol. The number of pyridine rings is 1. The molecule has 1 N–H and O–H groups in total. The number of hydrogen-bond acceptors (Lipinski definition) is 5. The summed E-state index contributed by atoms with van der Waals surface area (Å²) in [6, 6.07) is 15.9. The minimum absolute atomic E-state index is 0.174. The van der Waals surface area contributed by atoms with Gasteiger partial charge >= 0.3 is 0 Å². The number of carbonyl (C=O) groups is 2. The fourth-order valence-electron chi connectivity index (χ4n) is 4.77. The number of rotatable bonds is 7. The number of allylic oxidation sites excluding steroid dienone is 1. The number of halogens is 3. The molecule has 4 aromatic rings. The molecular formula is C30H23ClF2N2O4S. The molecule has 2 heterocycles. The van der Waals surface area contributed by atoms with E-state index in [-0.39, 0.29) is 12.0 Å². The third-order valence-corrected chi connectivity index (χ3v) is 8.03. The molecule has 0 unspecified atom stereocenters. The third kappa shape index (κ3) is 5.26. The minimum Gasteiger partial charge on any atom is -0.492 e. The first-order chi connectivity index (χ1) is 19.2. The summed E-state index contributed by atoms with van der Waals surface area (Å²) >= 11 is 7.29. The van der Waals surface area contributed by atoms with Crippen LogP contribution in [0.2, 0.25) is 5.02 Å². The van der Waals surface area contributed by atoms with Gasteiger partial charge in [0.05, 0.1) is 27.7 Å². The quantitative estimate of drug-likeness (QED) is 0.191. The van der Waals surface area contributed by atoms with Crippen molar-refractivity contribution in [2.75, 3.05) is 6.61 Å². The summed E-state index contributed by atoms with van der Waals surface area (Å²) in [5, 5.41) is 2.68. The van der Waals surface area contributed by atoms with Crippen molar-refractivity contribution in [3.8, 4) is 17.0 Å². The van der Waals surface area contributed by atoms with E-state index < -0.39 is 22.8 Å². The van der Waals surface area contributed by atoms with Gasteiger partial charge in [0.25, 0.3) is 11.1 Å². The highest BCUT2D eigenvalue weighted by molar-refractivity contribution is 8.18. The number of thioether (sulfide) groups is 1. The lowest BCUT2D eigenvalue weighted by Crippen LogP contribution is -2.18. The highest BCUT2D eigenvalue weighted by Crippen LogP contribution is 2.35. The van der Waals surface area contributed by atoms with Crippen LogP contribution >= 0.6 is 23.4 Å². The zero-order valence-corrected chi connectivity index (χ0v) is 23.1. The zero-order chi connectivity index (χ0) is 28.6. The van der Waals surface area contributed by atoms with Gasteiger partial charge in [0.15, 0.2) is 17.1 Å². The Balaban J connectivity index is 1.37. The Morgan fingerprint density at radius 3 is 2.50 bits per heavy atom. The van der Waals surface area contributed by atoms with Gasteiger partial charge in [-0.25, -0.2) is 8.78 Å². The second kappa shape index (κ2) is 11.3. The first-order valence-corrected chi connectivity index (χ1v) is 13.6. The van der Waals surface area contributed by atoms with Crippen LogP contribution in [0, 0.1) is 11.6 Å². The Morgan fingerprint density at radius 1 is 1.02 bits per heavy atom. The first-order valence-electron chi connectivity index (χ1n) is 12.4. The molecule has 0 bridgehead atoms. The van der Waals surface area contributed by atoms with Crippen LogP contribution in [-0.2, 0) is 18.3 Å². The lowest BCUT2D eigenvalue weighted by molar-refractivity contribution is -0.115. The van der Waals surface area contributed by atoms with E-state index in [0.717, 1.165) is 23.9 Å². The molecule has 0 atom stereocenters. The zero-order valence-electron chi connectivity index (χ0n) is 21.5. The summed E-state index contributed by atoms with van der Waals surface area (Å²) in [7, 11) is 1.79. The van der Waals surface area contributed by atoms with Crippen molar-refractivity contribution in [1.29, 1.82) is 0 Å². The van der Waals surface area contributed by atoms with E-state index in [4.69, 9.17) is 16.3 Å². The molecule has 0 radical (unpaired) electrons. The van der Waals surface area contributed by atoms with Gasteiger partial charge in [0.2, 0.25) is 0 Å². The molecule has 1 fully saturated rings. The van der Waals surface area contributed by atoms with Crippen LogP contribution in [0.5, 0.6) is 5.75 Å². The molecule has 3 aromatic carbocycles. The number of aryl methyl sites for hydroxylation is 1. The molecule has 40 heavy (non-hydrogen) atoms. The molecule has 2 amide bonds. The Labute approximate surface area is 237 Å². The number of para-hydroxylation sites is 1. The summed E-state index contributed by atoms with van der Waals surface area (Å²) in [6.07, 6.45) is 0.775. The first kappa shape index (κ1) is 27.6. The standard InChI is InChI=1S/C30H23ClF2N2O4S/c1-16(28-29(37)34-30(38)40-28)17-10-12-25(21(31)14-17)39-13-5-7-20-26(18-9-11-22(32)23(33)15-18)35(2)24-8-4-3-6-19(24)27(20)36/h3-4,6,8-12,14-15H,5,7,13H2,1-2H3,(H,34,37,38)/b28-16+. The van der Waals surface area contributed by atoms with Gasteiger partial charge in [-0.1, -0.05) is 29.8 Å². The van der Waals surface area contributed by atoms with Crippen molar-refractivity contribution >= 4 is 51.0 Å². The number of hydrogen-bond donors (Lipinski definition) is 1. The average Bonchev–Trinajstić information content (AvgIpc) is 3.28. The van der Waals surface area contributed by atoms with Crippen LogP contribution in [0.1, 0.15) is 24.5 Å².